The van der Waals surface area contributed by atoms with Crippen LogP contribution in [0.5, 0.6) is 0 Å². The van der Waals surface area contributed by atoms with Crippen LogP contribution in [0.2, 0.25) is 0 Å². The van der Waals surface area contributed by atoms with E-state index in [1.54, 1.807) is 25.0 Å². The Kier molecular flexibility index (Phi) is 6.22. The molecule has 8 nitrogen and oxygen atoms in total. The fourth-order valence-corrected chi connectivity index (χ4v) is 5.38. The maximum absolute atomic E-state index is 12.8. The van der Waals surface area contributed by atoms with Crippen molar-refractivity contribution in [3.05, 3.63) is 36.2 Å². The predicted octanol–water partition coefficient (Wildman–Crippen LogP) is 3.53. The van der Waals surface area contributed by atoms with Crippen molar-refractivity contribution >= 4 is 29.4 Å². The molecule has 4 rings (SSSR count). The number of nitrogens with zero attached hydrogens (tertiary/aromatic N) is 5. The molecule has 31 heavy (non-hydrogen) atoms. The number of nitrogens with one attached hydrogen (secondary N) is 1. The van der Waals surface area contributed by atoms with Crippen molar-refractivity contribution in [2.24, 2.45) is 12.5 Å². The van der Waals surface area contributed by atoms with Crippen LogP contribution in [0.1, 0.15) is 43.9 Å². The van der Waals surface area contributed by atoms with Gasteiger partial charge in [-0.2, -0.15) is 0 Å². The second kappa shape index (κ2) is 8.90. The number of anilines is 1. The molecule has 1 spiro atoms. The molecule has 2 aromatic rings. The van der Waals surface area contributed by atoms with Gasteiger partial charge in [0.15, 0.2) is 5.16 Å². The van der Waals surface area contributed by atoms with Gasteiger partial charge >= 0.3 is 6.03 Å². The number of aromatic nitrogens is 3. The van der Waals surface area contributed by atoms with Crippen molar-refractivity contribution in [3.63, 3.8) is 0 Å². The molecule has 3 heterocycles. The summed E-state index contributed by atoms with van der Waals surface area (Å²) in [7, 11) is 1.93. The Bertz CT molecular complexity index is 953. The summed E-state index contributed by atoms with van der Waals surface area (Å²) >= 11 is 1.64. The lowest BCUT2D eigenvalue weighted by atomic mass is 9.78. The van der Waals surface area contributed by atoms with Crippen molar-refractivity contribution in [1.82, 2.24) is 24.6 Å². The number of hydrogen-bond donors (Lipinski definition) is 1. The zero-order chi connectivity index (χ0) is 22.0. The van der Waals surface area contributed by atoms with Crippen LogP contribution in [-0.4, -0.2) is 62.7 Å². The van der Waals surface area contributed by atoms with Gasteiger partial charge in [0.25, 0.3) is 0 Å². The Morgan fingerprint density at radius 3 is 2.48 bits per heavy atom. The molecular formula is C22H30N6O2S. The van der Waals surface area contributed by atoms with Gasteiger partial charge in [-0.05, 0) is 49.3 Å². The lowest BCUT2D eigenvalue weighted by Gasteiger charge is -2.39. The van der Waals surface area contributed by atoms with Crippen molar-refractivity contribution in [2.75, 3.05) is 31.5 Å². The summed E-state index contributed by atoms with van der Waals surface area (Å²) in [6, 6.07) is 7.93. The molecular weight excluding hydrogens is 412 g/mol. The van der Waals surface area contributed by atoms with Crippen LogP contribution in [0.15, 0.2) is 35.7 Å². The van der Waals surface area contributed by atoms with Crippen LogP contribution >= 0.6 is 11.8 Å². The molecule has 0 radical (unpaired) electrons. The number of rotatable bonds is 4. The van der Waals surface area contributed by atoms with Gasteiger partial charge in [-0.15, -0.1) is 10.2 Å². The molecule has 1 atom stereocenters. The van der Waals surface area contributed by atoms with Gasteiger partial charge in [0.2, 0.25) is 5.91 Å². The number of thioether (sulfide) groups is 1. The van der Waals surface area contributed by atoms with E-state index in [1.165, 1.54) is 0 Å². The average Bonchev–Trinajstić information content (AvgIpc) is 3.35. The lowest BCUT2D eigenvalue weighted by Crippen LogP contribution is -2.46. The summed E-state index contributed by atoms with van der Waals surface area (Å²) in [5, 5.41) is 12.2. The number of piperidine rings is 1. The van der Waals surface area contributed by atoms with E-state index >= 15 is 0 Å². The first-order valence-electron chi connectivity index (χ1n) is 10.8. The number of amides is 3. The largest absolute Gasteiger partial charge is 0.342 e. The number of benzene rings is 1. The second-order valence-electron chi connectivity index (χ2n) is 8.72. The highest BCUT2D eigenvalue weighted by atomic mass is 32.2. The van der Waals surface area contributed by atoms with E-state index in [2.05, 4.69) is 28.5 Å². The van der Waals surface area contributed by atoms with E-state index < -0.39 is 0 Å². The first kappa shape index (κ1) is 21.7. The maximum Gasteiger partial charge on any atom is 0.321 e. The fraction of sp³-hybridized carbons (Fsp3) is 0.545. The highest BCUT2D eigenvalue weighted by Crippen LogP contribution is 2.40. The maximum atomic E-state index is 12.8. The van der Waals surface area contributed by atoms with Crippen LogP contribution in [0, 0.1) is 5.41 Å². The third-order valence-electron chi connectivity index (χ3n) is 6.55. The monoisotopic (exact) mass is 442 g/mol. The molecule has 0 bridgehead atoms. The third-order valence-corrected chi connectivity index (χ3v) is 7.76. The van der Waals surface area contributed by atoms with Crippen molar-refractivity contribution < 1.29 is 9.59 Å². The lowest BCUT2D eigenvalue weighted by molar-refractivity contribution is -0.128. The Morgan fingerprint density at radius 1 is 1.16 bits per heavy atom. The molecule has 2 aliphatic rings. The van der Waals surface area contributed by atoms with Crippen molar-refractivity contribution in [1.29, 1.82) is 0 Å². The third kappa shape index (κ3) is 4.87. The van der Waals surface area contributed by atoms with Crippen molar-refractivity contribution in [2.45, 2.75) is 43.5 Å². The van der Waals surface area contributed by atoms with Gasteiger partial charge in [0, 0.05) is 51.1 Å². The smallest absolute Gasteiger partial charge is 0.321 e. The minimum absolute atomic E-state index is 0.0537. The zero-order valence-corrected chi connectivity index (χ0v) is 19.2. The fourth-order valence-electron chi connectivity index (χ4n) is 4.47. The van der Waals surface area contributed by atoms with Gasteiger partial charge < -0.3 is 19.7 Å². The topological polar surface area (TPSA) is 83.4 Å². The number of hydrogen-bond acceptors (Lipinski definition) is 5. The Balaban J connectivity index is 1.33. The van der Waals surface area contributed by atoms with E-state index in [4.69, 9.17) is 0 Å². The molecule has 1 N–H and O–H groups in total. The first-order valence-corrected chi connectivity index (χ1v) is 11.7. The van der Waals surface area contributed by atoms with Crippen LogP contribution in [0.25, 0.3) is 0 Å². The van der Waals surface area contributed by atoms with Crippen LogP contribution in [-0.2, 0) is 11.8 Å². The Morgan fingerprint density at radius 2 is 1.87 bits per heavy atom. The SMILES string of the molecule is CC(=O)N1CCC2(CCN(C(=O)Nc3cccc([C@H](C)Sc4nncn4C)c3)CC2)C1. The molecule has 2 saturated heterocycles. The summed E-state index contributed by atoms with van der Waals surface area (Å²) < 4.78 is 1.90. The van der Waals surface area contributed by atoms with E-state index in [0.717, 1.165) is 61.8 Å². The van der Waals surface area contributed by atoms with Crippen LogP contribution in [0.4, 0.5) is 10.5 Å². The zero-order valence-electron chi connectivity index (χ0n) is 18.4. The first-order chi connectivity index (χ1) is 14.8. The van der Waals surface area contributed by atoms with Crippen molar-refractivity contribution in [3.8, 4) is 0 Å². The summed E-state index contributed by atoms with van der Waals surface area (Å²) in [6.45, 7) is 6.91. The van der Waals surface area contributed by atoms with Gasteiger partial charge in [-0.25, -0.2) is 4.79 Å². The summed E-state index contributed by atoms with van der Waals surface area (Å²) in [4.78, 5) is 28.4. The predicted molar refractivity (Wildman–Crippen MR) is 121 cm³/mol. The molecule has 3 amide bonds. The Labute approximate surface area is 187 Å². The quantitative estimate of drug-likeness (QED) is 0.733. The minimum Gasteiger partial charge on any atom is -0.342 e. The standard InChI is InChI=1S/C22H30N6O2S/c1-16(31-21-25-23-15-26(21)3)18-5-4-6-19(13-18)24-20(30)27-10-7-22(8-11-27)9-12-28(14-22)17(2)29/h4-6,13,15-16H,7-12,14H2,1-3H3,(H,24,30)/t16-/m0/s1. The van der Waals surface area contributed by atoms with Gasteiger partial charge in [0.1, 0.15) is 6.33 Å². The molecule has 0 aliphatic carbocycles. The minimum atomic E-state index is -0.0537. The molecule has 0 unspecified atom stereocenters. The summed E-state index contributed by atoms with van der Waals surface area (Å²) in [5.41, 5.74) is 2.12. The van der Waals surface area contributed by atoms with E-state index in [-0.39, 0.29) is 22.6 Å². The molecule has 1 aromatic carbocycles. The Hall–Kier alpha value is -2.55. The van der Waals surface area contributed by atoms with Gasteiger partial charge in [-0.3, -0.25) is 4.79 Å². The van der Waals surface area contributed by atoms with Gasteiger partial charge in [0.05, 0.1) is 0 Å². The van der Waals surface area contributed by atoms with E-state index in [1.807, 2.05) is 39.6 Å². The average molecular weight is 443 g/mol. The summed E-state index contributed by atoms with van der Waals surface area (Å²) in [6.07, 6.45) is 4.65. The number of urea groups is 1. The molecule has 2 aliphatic heterocycles. The second-order valence-corrected chi connectivity index (χ2v) is 10.0. The molecule has 166 valence electrons. The molecule has 2 fully saturated rings. The number of carbonyl (C=O) groups excluding carboxylic acids is 2. The highest BCUT2D eigenvalue weighted by molar-refractivity contribution is 7.99. The van der Waals surface area contributed by atoms with Gasteiger partial charge in [-0.1, -0.05) is 23.9 Å². The highest BCUT2D eigenvalue weighted by Gasteiger charge is 2.42. The molecule has 9 heteroatoms. The van der Waals surface area contributed by atoms with E-state index in [0.29, 0.717) is 0 Å². The normalized spacial score (nSPS) is 18.9. The van der Waals surface area contributed by atoms with Crippen LogP contribution < -0.4 is 5.32 Å². The number of likely N-dealkylation sites (tertiary alicyclic amines) is 2. The number of carbonyl (C=O) groups is 2. The van der Waals surface area contributed by atoms with Crippen LogP contribution in [0.3, 0.4) is 0 Å². The van der Waals surface area contributed by atoms with E-state index in [9.17, 15) is 9.59 Å². The number of aryl methyl sites for hydroxylation is 1. The molecule has 1 aromatic heterocycles. The summed E-state index contributed by atoms with van der Waals surface area (Å²) in [5.74, 6) is 0.156. The molecule has 0 saturated carbocycles.